The maximum absolute atomic E-state index is 2.32. The molecule has 0 N–H and O–H groups in total. The van der Waals surface area contributed by atoms with Crippen molar-refractivity contribution in [2.24, 2.45) is 0 Å². The van der Waals surface area contributed by atoms with E-state index in [4.69, 9.17) is 0 Å². The number of benzene rings is 3. The summed E-state index contributed by atoms with van der Waals surface area (Å²) in [6.07, 6.45) is 0. The summed E-state index contributed by atoms with van der Waals surface area (Å²) in [6.45, 7) is 4.31. The first-order chi connectivity index (χ1) is 10.2. The van der Waals surface area contributed by atoms with Crippen LogP contribution in [0.3, 0.4) is 0 Å². The Balaban J connectivity index is 1.98. The lowest BCUT2D eigenvalue weighted by Crippen LogP contribution is -1.99. The molecule has 3 aromatic carbocycles. The van der Waals surface area contributed by atoms with Crippen molar-refractivity contribution in [2.45, 2.75) is 19.8 Å². The molecule has 1 aliphatic carbocycles. The van der Waals surface area contributed by atoms with Crippen molar-refractivity contribution in [3.05, 3.63) is 94.5 Å². The largest absolute Gasteiger partial charge is 0.0619 e. The van der Waals surface area contributed by atoms with Crippen LogP contribution in [-0.4, -0.2) is 0 Å². The fourth-order valence-corrected chi connectivity index (χ4v) is 3.43. The van der Waals surface area contributed by atoms with E-state index in [0.717, 1.165) is 0 Å². The Labute approximate surface area is 126 Å². The monoisotopic (exact) mass is 270 g/mol. The van der Waals surface area contributed by atoms with E-state index < -0.39 is 0 Å². The first-order valence-corrected chi connectivity index (χ1v) is 7.50. The maximum atomic E-state index is 2.32. The standard InChI is InChI=1S/C21H18/c1-14-7-10-16(11-8-14)21-18-6-4-3-5-17(18)20-13-15(2)9-12-19(20)21/h3-13,21H,1-2H3. The Morgan fingerprint density at radius 1 is 0.619 bits per heavy atom. The number of aryl methyl sites for hydroxylation is 2. The molecule has 21 heavy (non-hydrogen) atoms. The smallest absolute Gasteiger partial charge is 0.0352 e. The molecule has 0 nitrogen and oxygen atoms in total. The van der Waals surface area contributed by atoms with E-state index >= 15 is 0 Å². The Hall–Kier alpha value is -2.34. The summed E-state index contributed by atoms with van der Waals surface area (Å²) >= 11 is 0. The molecule has 0 spiro atoms. The van der Waals surface area contributed by atoms with Crippen molar-refractivity contribution >= 4 is 0 Å². The van der Waals surface area contributed by atoms with Crippen LogP contribution in [0.1, 0.15) is 33.7 Å². The average Bonchev–Trinajstić information content (AvgIpc) is 2.82. The Bertz CT molecular complexity index is 810. The minimum absolute atomic E-state index is 0.373. The zero-order valence-electron chi connectivity index (χ0n) is 12.4. The van der Waals surface area contributed by atoms with E-state index in [9.17, 15) is 0 Å². The van der Waals surface area contributed by atoms with Crippen LogP contribution in [0.15, 0.2) is 66.7 Å². The van der Waals surface area contributed by atoms with Crippen LogP contribution >= 0.6 is 0 Å². The second kappa shape index (κ2) is 4.60. The van der Waals surface area contributed by atoms with E-state index in [0.29, 0.717) is 5.92 Å². The molecule has 0 amide bonds. The van der Waals surface area contributed by atoms with Gasteiger partial charge in [0, 0.05) is 5.92 Å². The lowest BCUT2D eigenvalue weighted by atomic mass is 9.89. The second-order valence-corrected chi connectivity index (χ2v) is 6.02. The highest BCUT2D eigenvalue weighted by atomic mass is 14.3. The highest BCUT2D eigenvalue weighted by molar-refractivity contribution is 5.81. The second-order valence-electron chi connectivity index (χ2n) is 6.02. The fourth-order valence-electron chi connectivity index (χ4n) is 3.43. The molecular weight excluding hydrogens is 252 g/mol. The molecular formula is C21H18. The van der Waals surface area contributed by atoms with Gasteiger partial charge in [-0.2, -0.15) is 0 Å². The SMILES string of the molecule is Cc1ccc(C2c3ccccc3-c3cc(C)ccc32)cc1. The zero-order chi connectivity index (χ0) is 14.4. The number of hydrogen-bond donors (Lipinski definition) is 0. The van der Waals surface area contributed by atoms with Crippen molar-refractivity contribution in [1.82, 2.24) is 0 Å². The van der Waals surface area contributed by atoms with Gasteiger partial charge in [0.15, 0.2) is 0 Å². The van der Waals surface area contributed by atoms with Crippen molar-refractivity contribution < 1.29 is 0 Å². The van der Waals surface area contributed by atoms with E-state index in [2.05, 4.69) is 80.6 Å². The normalized spacial score (nSPS) is 15.6. The predicted molar refractivity (Wildman–Crippen MR) is 88.7 cm³/mol. The summed E-state index contributed by atoms with van der Waals surface area (Å²) in [5.41, 5.74) is 9.68. The minimum Gasteiger partial charge on any atom is -0.0619 e. The first kappa shape index (κ1) is 12.4. The van der Waals surface area contributed by atoms with Gasteiger partial charge in [-0.05, 0) is 41.7 Å². The third-order valence-electron chi connectivity index (χ3n) is 4.49. The summed E-state index contributed by atoms with van der Waals surface area (Å²) < 4.78 is 0. The Kier molecular flexibility index (Phi) is 2.71. The molecule has 1 atom stereocenters. The van der Waals surface area contributed by atoms with Crippen LogP contribution < -0.4 is 0 Å². The fraction of sp³-hybridized carbons (Fsp3) is 0.143. The summed E-state index contributed by atoms with van der Waals surface area (Å²) in [7, 11) is 0. The third kappa shape index (κ3) is 1.91. The van der Waals surface area contributed by atoms with Crippen LogP contribution in [-0.2, 0) is 0 Å². The summed E-state index contributed by atoms with van der Waals surface area (Å²) in [4.78, 5) is 0. The van der Waals surface area contributed by atoms with Gasteiger partial charge in [-0.25, -0.2) is 0 Å². The molecule has 102 valence electrons. The van der Waals surface area contributed by atoms with Gasteiger partial charge >= 0.3 is 0 Å². The topological polar surface area (TPSA) is 0 Å². The molecule has 0 fully saturated rings. The quantitative estimate of drug-likeness (QED) is 0.430. The van der Waals surface area contributed by atoms with Crippen LogP contribution in [0.2, 0.25) is 0 Å². The van der Waals surface area contributed by atoms with Crippen LogP contribution in [0, 0.1) is 13.8 Å². The lowest BCUT2D eigenvalue weighted by Gasteiger charge is -2.14. The van der Waals surface area contributed by atoms with E-state index in [1.165, 1.54) is 38.9 Å². The van der Waals surface area contributed by atoms with E-state index in [-0.39, 0.29) is 0 Å². The molecule has 0 aromatic heterocycles. The van der Waals surface area contributed by atoms with Gasteiger partial charge in [0.2, 0.25) is 0 Å². The number of fused-ring (bicyclic) bond motifs is 3. The van der Waals surface area contributed by atoms with Crippen LogP contribution in [0.4, 0.5) is 0 Å². The summed E-state index contributed by atoms with van der Waals surface area (Å²) in [6, 6.07) is 24.6. The van der Waals surface area contributed by atoms with E-state index in [1.807, 2.05) is 0 Å². The Morgan fingerprint density at radius 3 is 2.10 bits per heavy atom. The van der Waals surface area contributed by atoms with Gasteiger partial charge in [0.25, 0.3) is 0 Å². The zero-order valence-corrected chi connectivity index (χ0v) is 12.4. The average molecular weight is 270 g/mol. The summed E-state index contributed by atoms with van der Waals surface area (Å²) in [5.74, 6) is 0.373. The highest BCUT2D eigenvalue weighted by Crippen LogP contribution is 2.47. The van der Waals surface area contributed by atoms with Gasteiger partial charge in [-0.3, -0.25) is 0 Å². The lowest BCUT2D eigenvalue weighted by molar-refractivity contribution is 1.01. The molecule has 0 saturated heterocycles. The van der Waals surface area contributed by atoms with Crippen molar-refractivity contribution in [2.75, 3.05) is 0 Å². The van der Waals surface area contributed by atoms with Gasteiger partial charge in [0.05, 0.1) is 0 Å². The highest BCUT2D eigenvalue weighted by Gasteiger charge is 2.29. The first-order valence-electron chi connectivity index (χ1n) is 7.50. The summed E-state index contributed by atoms with van der Waals surface area (Å²) in [5, 5.41) is 0. The number of hydrogen-bond acceptors (Lipinski definition) is 0. The molecule has 0 heteroatoms. The van der Waals surface area contributed by atoms with Crippen LogP contribution in [0.5, 0.6) is 0 Å². The number of rotatable bonds is 1. The molecule has 4 rings (SSSR count). The van der Waals surface area contributed by atoms with Gasteiger partial charge in [-0.1, -0.05) is 77.9 Å². The molecule has 1 unspecified atom stereocenters. The minimum atomic E-state index is 0.373. The molecule has 0 saturated carbocycles. The van der Waals surface area contributed by atoms with E-state index in [1.54, 1.807) is 0 Å². The van der Waals surface area contributed by atoms with Crippen molar-refractivity contribution in [1.29, 1.82) is 0 Å². The van der Waals surface area contributed by atoms with Crippen molar-refractivity contribution in [3.63, 3.8) is 0 Å². The Morgan fingerprint density at radius 2 is 1.29 bits per heavy atom. The van der Waals surface area contributed by atoms with Gasteiger partial charge in [-0.15, -0.1) is 0 Å². The molecule has 0 bridgehead atoms. The third-order valence-corrected chi connectivity index (χ3v) is 4.49. The van der Waals surface area contributed by atoms with Crippen molar-refractivity contribution in [3.8, 4) is 11.1 Å². The molecule has 3 aromatic rings. The van der Waals surface area contributed by atoms with Gasteiger partial charge < -0.3 is 0 Å². The molecule has 0 aliphatic heterocycles. The molecule has 1 aliphatic rings. The maximum Gasteiger partial charge on any atom is 0.0352 e. The van der Waals surface area contributed by atoms with Crippen LogP contribution in [0.25, 0.3) is 11.1 Å². The molecule has 0 heterocycles. The predicted octanol–water partition coefficient (Wildman–Crippen LogP) is 5.46. The molecule has 0 radical (unpaired) electrons. The van der Waals surface area contributed by atoms with Gasteiger partial charge in [0.1, 0.15) is 0 Å².